The average molecular weight is 271 g/mol. The molecule has 19 heavy (non-hydrogen) atoms. The number of halogens is 3. The van der Waals surface area contributed by atoms with Crippen molar-refractivity contribution in [2.75, 3.05) is 6.61 Å². The molecule has 0 radical (unpaired) electrons. The van der Waals surface area contributed by atoms with Crippen LogP contribution >= 0.6 is 0 Å². The molecule has 3 nitrogen and oxygen atoms in total. The van der Waals surface area contributed by atoms with E-state index >= 15 is 0 Å². The van der Waals surface area contributed by atoms with Crippen LogP contribution in [0.15, 0.2) is 12.1 Å². The lowest BCUT2D eigenvalue weighted by Crippen LogP contribution is -2.13. The maximum atomic E-state index is 12.8. The molecule has 0 fully saturated rings. The van der Waals surface area contributed by atoms with Crippen molar-refractivity contribution in [2.24, 2.45) is 0 Å². The molecule has 0 bridgehead atoms. The molecule has 1 aromatic carbocycles. The molecule has 0 unspecified atom stereocenters. The second kappa shape index (κ2) is 5.74. The Morgan fingerprint density at radius 1 is 1.42 bits per heavy atom. The molecule has 0 aliphatic rings. The van der Waals surface area contributed by atoms with Gasteiger partial charge >= 0.3 is 12.1 Å². The summed E-state index contributed by atoms with van der Waals surface area (Å²) in [5.41, 5.74) is -0.806. The number of ether oxygens (including phenoxy) is 1. The summed E-state index contributed by atoms with van der Waals surface area (Å²) in [7, 11) is 0. The zero-order valence-corrected chi connectivity index (χ0v) is 10.5. The molecule has 6 heteroatoms. The van der Waals surface area contributed by atoms with Crippen molar-refractivity contribution in [1.29, 1.82) is 5.26 Å². The highest BCUT2D eigenvalue weighted by Crippen LogP contribution is 2.33. The molecule has 1 aromatic rings. The standard InChI is InChI=1S/C13H12F3NO2/c1-3-19-12(18)6-9-5-11(13(14,15)16)8(2)4-10(9)7-17/h4-5H,3,6H2,1-2H3. The predicted molar refractivity (Wildman–Crippen MR) is 61.2 cm³/mol. The largest absolute Gasteiger partial charge is 0.466 e. The molecule has 102 valence electrons. The van der Waals surface area contributed by atoms with Crippen LogP contribution < -0.4 is 0 Å². The van der Waals surface area contributed by atoms with Crippen molar-refractivity contribution >= 4 is 5.97 Å². The molecular formula is C13H12F3NO2. The van der Waals surface area contributed by atoms with Gasteiger partial charge in [0.25, 0.3) is 0 Å². The van der Waals surface area contributed by atoms with Gasteiger partial charge in [-0.15, -0.1) is 0 Å². The number of nitriles is 1. The summed E-state index contributed by atoms with van der Waals surface area (Å²) in [6.07, 6.45) is -4.86. The number of carbonyl (C=O) groups is 1. The van der Waals surface area contributed by atoms with Gasteiger partial charge in [0.1, 0.15) is 0 Å². The van der Waals surface area contributed by atoms with E-state index in [4.69, 9.17) is 5.26 Å². The highest BCUT2D eigenvalue weighted by Gasteiger charge is 2.33. The summed E-state index contributed by atoms with van der Waals surface area (Å²) in [5.74, 6) is -0.657. The van der Waals surface area contributed by atoms with Gasteiger partial charge in [-0.2, -0.15) is 18.4 Å². The van der Waals surface area contributed by atoms with Gasteiger partial charge in [-0.05, 0) is 37.1 Å². The highest BCUT2D eigenvalue weighted by molar-refractivity contribution is 5.73. The van der Waals surface area contributed by atoms with Crippen LogP contribution in [-0.4, -0.2) is 12.6 Å². The van der Waals surface area contributed by atoms with Gasteiger partial charge in [-0.3, -0.25) is 4.79 Å². The Bertz CT molecular complexity index is 530. The first-order chi connectivity index (χ1) is 8.79. The lowest BCUT2D eigenvalue weighted by atomic mass is 9.97. The number of carbonyl (C=O) groups excluding carboxylic acids is 1. The van der Waals surface area contributed by atoms with E-state index in [2.05, 4.69) is 4.74 Å². The van der Waals surface area contributed by atoms with Gasteiger partial charge < -0.3 is 4.74 Å². The molecule has 0 aromatic heterocycles. The molecule has 0 N–H and O–H groups in total. The Kier molecular flexibility index (Phi) is 4.54. The fourth-order valence-electron chi connectivity index (χ4n) is 1.68. The number of benzene rings is 1. The monoisotopic (exact) mass is 271 g/mol. The number of esters is 1. The maximum Gasteiger partial charge on any atom is 0.416 e. The summed E-state index contributed by atoms with van der Waals surface area (Å²) >= 11 is 0. The lowest BCUT2D eigenvalue weighted by Gasteiger charge is -2.13. The Morgan fingerprint density at radius 3 is 2.53 bits per heavy atom. The zero-order valence-electron chi connectivity index (χ0n) is 10.5. The minimum atomic E-state index is -4.51. The minimum Gasteiger partial charge on any atom is -0.466 e. The Morgan fingerprint density at radius 2 is 2.05 bits per heavy atom. The number of rotatable bonds is 3. The first kappa shape index (κ1) is 15.0. The Labute approximate surface area is 108 Å². The molecule has 0 spiro atoms. The predicted octanol–water partition coefficient (Wildman–Crippen LogP) is 2.99. The minimum absolute atomic E-state index is 0.0267. The van der Waals surface area contributed by atoms with Crippen LogP contribution in [0.4, 0.5) is 13.2 Å². The SMILES string of the molecule is CCOC(=O)Cc1cc(C(F)(F)F)c(C)cc1C#N. The van der Waals surface area contributed by atoms with Crippen LogP contribution in [0.1, 0.15) is 29.2 Å². The van der Waals surface area contributed by atoms with Gasteiger partial charge in [-0.25, -0.2) is 0 Å². The smallest absolute Gasteiger partial charge is 0.416 e. The van der Waals surface area contributed by atoms with Crippen LogP contribution in [0.25, 0.3) is 0 Å². The third kappa shape index (κ3) is 3.71. The van der Waals surface area contributed by atoms with E-state index in [0.717, 1.165) is 12.1 Å². The van der Waals surface area contributed by atoms with Crippen molar-refractivity contribution in [3.8, 4) is 6.07 Å². The molecular weight excluding hydrogens is 259 g/mol. The van der Waals surface area contributed by atoms with E-state index < -0.39 is 17.7 Å². The van der Waals surface area contributed by atoms with Crippen molar-refractivity contribution in [3.63, 3.8) is 0 Å². The quantitative estimate of drug-likeness (QED) is 0.794. The van der Waals surface area contributed by atoms with Crippen molar-refractivity contribution in [2.45, 2.75) is 26.4 Å². The molecule has 0 heterocycles. The van der Waals surface area contributed by atoms with E-state index in [9.17, 15) is 18.0 Å². The third-order valence-corrected chi connectivity index (χ3v) is 2.52. The Hall–Kier alpha value is -2.03. The maximum absolute atomic E-state index is 12.8. The second-order valence-corrected chi connectivity index (χ2v) is 3.92. The molecule has 0 atom stereocenters. The van der Waals surface area contributed by atoms with Gasteiger partial charge in [0.2, 0.25) is 0 Å². The zero-order chi connectivity index (χ0) is 14.6. The van der Waals surface area contributed by atoms with Crippen LogP contribution in [0.5, 0.6) is 0 Å². The van der Waals surface area contributed by atoms with Gasteiger partial charge in [0.05, 0.1) is 30.2 Å². The lowest BCUT2D eigenvalue weighted by molar-refractivity contribution is -0.142. The number of nitrogens with zero attached hydrogens (tertiary/aromatic N) is 1. The van der Waals surface area contributed by atoms with E-state index in [0.29, 0.717) is 0 Å². The van der Waals surface area contributed by atoms with Crippen molar-refractivity contribution in [3.05, 3.63) is 34.4 Å². The van der Waals surface area contributed by atoms with Crippen LogP contribution in [0.2, 0.25) is 0 Å². The highest BCUT2D eigenvalue weighted by atomic mass is 19.4. The number of hydrogen-bond donors (Lipinski definition) is 0. The number of hydrogen-bond acceptors (Lipinski definition) is 3. The van der Waals surface area contributed by atoms with E-state index in [-0.39, 0.29) is 29.7 Å². The van der Waals surface area contributed by atoms with Crippen LogP contribution in [-0.2, 0) is 22.1 Å². The fourth-order valence-corrected chi connectivity index (χ4v) is 1.68. The van der Waals surface area contributed by atoms with E-state index in [1.54, 1.807) is 13.0 Å². The van der Waals surface area contributed by atoms with Crippen LogP contribution in [0.3, 0.4) is 0 Å². The Balaban J connectivity index is 3.23. The van der Waals surface area contributed by atoms with E-state index in [1.165, 1.54) is 6.92 Å². The fraction of sp³-hybridized carbons (Fsp3) is 0.385. The number of alkyl halides is 3. The average Bonchev–Trinajstić information content (AvgIpc) is 2.29. The van der Waals surface area contributed by atoms with Crippen molar-refractivity contribution < 1.29 is 22.7 Å². The van der Waals surface area contributed by atoms with Crippen LogP contribution in [0, 0.1) is 18.3 Å². The van der Waals surface area contributed by atoms with Gasteiger partial charge in [0.15, 0.2) is 0 Å². The summed E-state index contributed by atoms with van der Waals surface area (Å²) in [5, 5.41) is 8.90. The number of aryl methyl sites for hydroxylation is 1. The molecule has 1 rings (SSSR count). The summed E-state index contributed by atoms with van der Waals surface area (Å²) in [4.78, 5) is 11.3. The topological polar surface area (TPSA) is 50.1 Å². The second-order valence-electron chi connectivity index (χ2n) is 3.92. The summed E-state index contributed by atoms with van der Waals surface area (Å²) < 4.78 is 42.9. The summed E-state index contributed by atoms with van der Waals surface area (Å²) in [6.45, 7) is 3.01. The van der Waals surface area contributed by atoms with E-state index in [1.807, 2.05) is 0 Å². The summed E-state index contributed by atoms with van der Waals surface area (Å²) in [6, 6.07) is 3.76. The normalized spacial score (nSPS) is 10.9. The van der Waals surface area contributed by atoms with Crippen molar-refractivity contribution in [1.82, 2.24) is 0 Å². The van der Waals surface area contributed by atoms with Gasteiger partial charge in [0, 0.05) is 0 Å². The molecule has 0 aliphatic carbocycles. The third-order valence-electron chi connectivity index (χ3n) is 2.52. The molecule has 0 saturated carbocycles. The van der Waals surface area contributed by atoms with Gasteiger partial charge in [-0.1, -0.05) is 0 Å². The molecule has 0 aliphatic heterocycles. The molecule has 0 amide bonds. The molecule has 0 saturated heterocycles. The first-order valence-corrected chi connectivity index (χ1v) is 5.56. The first-order valence-electron chi connectivity index (χ1n) is 5.56.